The van der Waals surface area contributed by atoms with Crippen molar-refractivity contribution in [1.82, 2.24) is 0 Å². The van der Waals surface area contributed by atoms with Gasteiger partial charge in [-0.15, -0.1) is 11.5 Å². The van der Waals surface area contributed by atoms with Crippen LogP contribution in [0.3, 0.4) is 0 Å². The van der Waals surface area contributed by atoms with Crippen molar-refractivity contribution >= 4 is 81.5 Å². The van der Waals surface area contributed by atoms with Crippen molar-refractivity contribution in [2.45, 2.75) is 117 Å². The van der Waals surface area contributed by atoms with E-state index in [1.807, 2.05) is 36.4 Å². The zero-order chi connectivity index (χ0) is 30.4. The third kappa shape index (κ3) is 40.9. The molecule has 0 aliphatic carbocycles. The molecule has 2 aromatic carbocycles. The molecule has 0 radical (unpaired) electrons. The third-order valence-electron chi connectivity index (χ3n) is 6.04. The summed E-state index contributed by atoms with van der Waals surface area (Å²) in [5, 5.41) is 56.2. The number of aryl methyl sites for hydroxylation is 2. The molecule has 11 heteroatoms. The largest absolute Gasteiger partial charge is 2.00 e. The SMILES string of the molecule is CCCCCCCCCc1ccccc1[O-].CCCCCCCCCc1ccccc1[O-].O=C([O-])[O-].O=C([O-])[O-].[Mg+2].[Mg+2].[Mg+2]. The molecular formula is C32H46Mg3O8. The van der Waals surface area contributed by atoms with Gasteiger partial charge in [0, 0.05) is 0 Å². The van der Waals surface area contributed by atoms with Crippen LogP contribution in [-0.2, 0) is 12.8 Å². The van der Waals surface area contributed by atoms with Crippen LogP contribution in [0.25, 0.3) is 0 Å². The second-order valence-corrected chi connectivity index (χ2v) is 9.46. The van der Waals surface area contributed by atoms with E-state index in [0.717, 1.165) is 36.8 Å². The first-order chi connectivity index (χ1) is 19.1. The maximum Gasteiger partial charge on any atom is 2.00 e. The Morgan fingerprint density at radius 1 is 0.465 bits per heavy atom. The van der Waals surface area contributed by atoms with Crippen molar-refractivity contribution < 1.29 is 40.2 Å². The Morgan fingerprint density at radius 2 is 0.698 bits per heavy atom. The Hall–Kier alpha value is -1.12. The molecule has 0 aromatic heterocycles. The fourth-order valence-electron chi connectivity index (χ4n) is 3.97. The van der Waals surface area contributed by atoms with Crippen LogP contribution in [0.5, 0.6) is 11.5 Å². The zero-order valence-electron chi connectivity index (χ0n) is 26.3. The van der Waals surface area contributed by atoms with E-state index in [1.54, 1.807) is 12.1 Å². The molecule has 0 atom stereocenters. The van der Waals surface area contributed by atoms with E-state index in [0.29, 0.717) is 0 Å². The van der Waals surface area contributed by atoms with E-state index in [2.05, 4.69) is 13.8 Å². The van der Waals surface area contributed by atoms with Crippen molar-refractivity contribution in [3.8, 4) is 11.5 Å². The minimum absolute atomic E-state index is 0. The maximum absolute atomic E-state index is 11.4. The normalized spacial score (nSPS) is 8.98. The van der Waals surface area contributed by atoms with Crippen molar-refractivity contribution in [1.29, 1.82) is 0 Å². The van der Waals surface area contributed by atoms with Gasteiger partial charge in [0.1, 0.15) is 0 Å². The molecule has 0 saturated heterocycles. The molecule has 0 heterocycles. The van der Waals surface area contributed by atoms with Gasteiger partial charge < -0.3 is 40.2 Å². The Morgan fingerprint density at radius 3 is 0.953 bits per heavy atom. The summed E-state index contributed by atoms with van der Waals surface area (Å²) < 4.78 is 0. The minimum Gasteiger partial charge on any atom is -0.872 e. The third-order valence-corrected chi connectivity index (χ3v) is 6.04. The van der Waals surface area contributed by atoms with Crippen molar-refractivity contribution in [2.24, 2.45) is 0 Å². The van der Waals surface area contributed by atoms with Crippen LogP contribution < -0.4 is 30.6 Å². The number of para-hydroxylation sites is 2. The zero-order valence-corrected chi connectivity index (χ0v) is 30.6. The van der Waals surface area contributed by atoms with E-state index in [4.69, 9.17) is 30.0 Å². The topological polar surface area (TPSA) is 172 Å². The van der Waals surface area contributed by atoms with Crippen molar-refractivity contribution in [2.75, 3.05) is 0 Å². The quantitative estimate of drug-likeness (QED) is 0.200. The summed E-state index contributed by atoms with van der Waals surface area (Å²) in [7, 11) is 0. The van der Waals surface area contributed by atoms with Gasteiger partial charge in [0.25, 0.3) is 0 Å². The molecule has 0 saturated carbocycles. The van der Waals surface area contributed by atoms with Gasteiger partial charge in [0.15, 0.2) is 0 Å². The molecule has 2 rings (SSSR count). The van der Waals surface area contributed by atoms with Crippen molar-refractivity contribution in [3.05, 3.63) is 59.7 Å². The first-order valence-electron chi connectivity index (χ1n) is 14.4. The van der Waals surface area contributed by atoms with Crippen LogP contribution >= 0.6 is 0 Å². The Bertz CT molecular complexity index is 806. The number of unbranched alkanes of at least 4 members (excludes halogenated alkanes) is 12. The maximum atomic E-state index is 11.4. The molecule has 228 valence electrons. The molecule has 0 spiro atoms. The number of carbonyl (C=O) groups excluding carboxylic acids is 2. The molecule has 0 bridgehead atoms. The summed E-state index contributed by atoms with van der Waals surface area (Å²) in [5.74, 6) is 0.405. The Labute approximate surface area is 307 Å². The van der Waals surface area contributed by atoms with Gasteiger partial charge in [-0.2, -0.15) is 0 Å². The summed E-state index contributed by atoms with van der Waals surface area (Å²) in [6.07, 6.45) is 15.5. The van der Waals surface area contributed by atoms with E-state index in [-0.39, 0.29) is 80.7 Å². The first-order valence-corrected chi connectivity index (χ1v) is 14.4. The number of rotatable bonds is 16. The number of hydrogen-bond donors (Lipinski definition) is 0. The van der Waals surface area contributed by atoms with Gasteiger partial charge >= 0.3 is 69.2 Å². The second kappa shape index (κ2) is 38.9. The number of hydrogen-bond acceptors (Lipinski definition) is 8. The molecule has 0 fully saturated rings. The average Bonchev–Trinajstić information content (AvgIpc) is 2.89. The predicted molar refractivity (Wildman–Crippen MR) is 163 cm³/mol. The van der Waals surface area contributed by atoms with Crippen LogP contribution in [-0.4, -0.2) is 81.5 Å². The molecule has 0 aliphatic rings. The van der Waals surface area contributed by atoms with Crippen molar-refractivity contribution in [3.63, 3.8) is 0 Å². The van der Waals surface area contributed by atoms with Crippen LogP contribution in [0.15, 0.2) is 48.5 Å². The number of carboxylic acid groups (broad SMARTS) is 4. The van der Waals surface area contributed by atoms with E-state index >= 15 is 0 Å². The monoisotopic (exact) mass is 630 g/mol. The van der Waals surface area contributed by atoms with Gasteiger partial charge in [-0.25, -0.2) is 0 Å². The predicted octanol–water partition coefficient (Wildman–Crippen LogP) is 2.07. The summed E-state index contributed by atoms with van der Waals surface area (Å²) in [5.41, 5.74) is 1.96. The van der Waals surface area contributed by atoms with Crippen LogP contribution in [0.4, 0.5) is 9.59 Å². The van der Waals surface area contributed by atoms with Gasteiger partial charge in [-0.05, 0) is 38.0 Å². The van der Waals surface area contributed by atoms with Crippen LogP contribution in [0.1, 0.15) is 115 Å². The fraction of sp³-hybridized carbons (Fsp3) is 0.562. The Kier molecular flexibility index (Phi) is 46.6. The fourth-order valence-corrected chi connectivity index (χ4v) is 3.97. The van der Waals surface area contributed by atoms with Crippen LogP contribution in [0.2, 0.25) is 0 Å². The molecule has 0 amide bonds. The number of carbonyl (C=O) groups is 2. The molecule has 2 aromatic rings. The summed E-state index contributed by atoms with van der Waals surface area (Å²) in [4.78, 5) is 16.7. The summed E-state index contributed by atoms with van der Waals surface area (Å²) >= 11 is 0. The van der Waals surface area contributed by atoms with E-state index < -0.39 is 12.3 Å². The molecule has 43 heavy (non-hydrogen) atoms. The molecule has 0 aliphatic heterocycles. The van der Waals surface area contributed by atoms with Gasteiger partial charge in [-0.3, -0.25) is 0 Å². The second-order valence-electron chi connectivity index (χ2n) is 9.46. The summed E-state index contributed by atoms with van der Waals surface area (Å²) in [6, 6.07) is 14.8. The molecular weight excluding hydrogens is 585 g/mol. The average molecular weight is 632 g/mol. The molecule has 0 unspecified atom stereocenters. The van der Waals surface area contributed by atoms with E-state index in [9.17, 15) is 10.2 Å². The van der Waals surface area contributed by atoms with E-state index in [1.165, 1.54) is 77.0 Å². The molecule has 0 N–H and O–H groups in total. The van der Waals surface area contributed by atoms with Gasteiger partial charge in [-0.1, -0.05) is 151 Å². The minimum atomic E-state index is -2.33. The first kappa shape index (κ1) is 51.5. The smallest absolute Gasteiger partial charge is 0.872 e. The standard InChI is InChI=1S/2C15H24O.2CH2O3.3Mg/c2*1-2-3-4-5-6-7-8-11-14-12-9-10-13-15(14)16;2*2-1(3)4;;;/h2*9-10,12-13,16H,2-8,11H2,1H3;2*(H2,2,3,4);;;/q;;;;3*+2/p-6. The van der Waals surface area contributed by atoms with Gasteiger partial charge in [0.05, 0.1) is 0 Å². The summed E-state index contributed by atoms with van der Waals surface area (Å²) in [6.45, 7) is 4.48. The number of benzene rings is 2. The van der Waals surface area contributed by atoms with Gasteiger partial charge in [0.2, 0.25) is 0 Å². The molecule has 8 nitrogen and oxygen atoms in total. The van der Waals surface area contributed by atoms with Crippen LogP contribution in [0, 0.1) is 0 Å². The Balaban J connectivity index is -0.000000170.